The Morgan fingerprint density at radius 3 is 2.70 bits per heavy atom. The Bertz CT molecular complexity index is 613. The van der Waals surface area contributed by atoms with E-state index in [4.69, 9.17) is 5.11 Å². The number of nitrogens with one attached hydrogen (secondary N) is 1. The van der Waals surface area contributed by atoms with Gasteiger partial charge in [0.15, 0.2) is 0 Å². The van der Waals surface area contributed by atoms with E-state index in [1.54, 1.807) is 6.92 Å². The SMILES string of the molecule is CC(CNS(=O)(=O)c1cccc([N+](=O)[O-])c1)CC(=O)O. The molecule has 0 saturated heterocycles. The van der Waals surface area contributed by atoms with Crippen molar-refractivity contribution >= 4 is 21.7 Å². The van der Waals surface area contributed by atoms with Gasteiger partial charge in [-0.1, -0.05) is 13.0 Å². The average molecular weight is 302 g/mol. The van der Waals surface area contributed by atoms with Gasteiger partial charge in [-0.2, -0.15) is 0 Å². The van der Waals surface area contributed by atoms with Gasteiger partial charge in [0.05, 0.1) is 9.82 Å². The fourth-order valence-corrected chi connectivity index (χ4v) is 2.67. The first kappa shape index (κ1) is 16.1. The van der Waals surface area contributed by atoms with Gasteiger partial charge < -0.3 is 5.11 Å². The Morgan fingerprint density at radius 1 is 1.50 bits per heavy atom. The molecule has 0 saturated carbocycles. The molecule has 0 heterocycles. The minimum absolute atomic E-state index is 0.0582. The fourth-order valence-electron chi connectivity index (χ4n) is 1.47. The summed E-state index contributed by atoms with van der Waals surface area (Å²) >= 11 is 0. The first-order valence-corrected chi connectivity index (χ1v) is 7.16. The smallest absolute Gasteiger partial charge is 0.303 e. The quantitative estimate of drug-likeness (QED) is 0.571. The van der Waals surface area contributed by atoms with Crippen LogP contribution in [0.15, 0.2) is 29.2 Å². The molecule has 8 nitrogen and oxygen atoms in total. The van der Waals surface area contributed by atoms with Crippen LogP contribution < -0.4 is 4.72 Å². The molecule has 0 bridgehead atoms. The van der Waals surface area contributed by atoms with Crippen molar-refractivity contribution in [3.63, 3.8) is 0 Å². The van der Waals surface area contributed by atoms with E-state index < -0.39 is 20.9 Å². The lowest BCUT2D eigenvalue weighted by Gasteiger charge is -2.10. The van der Waals surface area contributed by atoms with Crippen molar-refractivity contribution in [3.8, 4) is 0 Å². The molecular weight excluding hydrogens is 288 g/mol. The van der Waals surface area contributed by atoms with Crippen LogP contribution in [-0.4, -0.2) is 31.0 Å². The third-order valence-electron chi connectivity index (χ3n) is 2.48. The lowest BCUT2D eigenvalue weighted by molar-refractivity contribution is -0.385. The van der Waals surface area contributed by atoms with Gasteiger partial charge in [0.25, 0.3) is 5.69 Å². The molecule has 0 aromatic heterocycles. The summed E-state index contributed by atoms with van der Waals surface area (Å²) in [6, 6.07) is 4.64. The van der Waals surface area contributed by atoms with Crippen molar-refractivity contribution in [2.75, 3.05) is 6.54 Å². The van der Waals surface area contributed by atoms with Crippen molar-refractivity contribution in [1.82, 2.24) is 4.72 Å². The van der Waals surface area contributed by atoms with Crippen molar-refractivity contribution in [1.29, 1.82) is 0 Å². The van der Waals surface area contributed by atoms with E-state index in [2.05, 4.69) is 4.72 Å². The lowest BCUT2D eigenvalue weighted by Crippen LogP contribution is -2.29. The first-order valence-electron chi connectivity index (χ1n) is 5.68. The number of non-ortho nitro benzene ring substituents is 1. The number of benzene rings is 1. The lowest BCUT2D eigenvalue weighted by atomic mass is 10.1. The number of hydrogen-bond acceptors (Lipinski definition) is 5. The minimum atomic E-state index is -3.89. The Kier molecular flexibility index (Phi) is 5.17. The van der Waals surface area contributed by atoms with Crippen LogP contribution in [0.5, 0.6) is 0 Å². The highest BCUT2D eigenvalue weighted by Crippen LogP contribution is 2.17. The molecule has 2 N–H and O–H groups in total. The zero-order valence-corrected chi connectivity index (χ0v) is 11.5. The number of carbonyl (C=O) groups is 1. The predicted octanol–water partition coefficient (Wildman–Crippen LogP) is 0.984. The van der Waals surface area contributed by atoms with E-state index in [0.29, 0.717) is 0 Å². The maximum Gasteiger partial charge on any atom is 0.303 e. The van der Waals surface area contributed by atoms with Crippen LogP contribution in [0.3, 0.4) is 0 Å². The number of aliphatic carboxylic acids is 1. The Labute approximate surface area is 115 Å². The normalized spacial score (nSPS) is 12.8. The molecule has 0 fully saturated rings. The summed E-state index contributed by atoms with van der Waals surface area (Å²) < 4.78 is 26.1. The maximum absolute atomic E-state index is 11.9. The van der Waals surface area contributed by atoms with Gasteiger partial charge in [-0.05, 0) is 12.0 Å². The maximum atomic E-state index is 11.9. The van der Waals surface area contributed by atoms with Gasteiger partial charge in [-0.15, -0.1) is 0 Å². The van der Waals surface area contributed by atoms with Crippen LogP contribution in [0.1, 0.15) is 13.3 Å². The first-order chi connectivity index (χ1) is 9.22. The average Bonchev–Trinajstić information content (AvgIpc) is 2.36. The van der Waals surface area contributed by atoms with E-state index in [1.807, 2.05) is 0 Å². The number of sulfonamides is 1. The third-order valence-corrected chi connectivity index (χ3v) is 3.90. The molecule has 1 aromatic carbocycles. The molecule has 1 unspecified atom stereocenters. The van der Waals surface area contributed by atoms with E-state index in [1.165, 1.54) is 18.2 Å². The van der Waals surface area contributed by atoms with Gasteiger partial charge in [-0.3, -0.25) is 14.9 Å². The second kappa shape index (κ2) is 6.44. The zero-order chi connectivity index (χ0) is 15.3. The summed E-state index contributed by atoms with van der Waals surface area (Å²) in [6.07, 6.45) is -0.169. The van der Waals surface area contributed by atoms with Crippen molar-refractivity contribution in [3.05, 3.63) is 34.4 Å². The third kappa shape index (κ3) is 4.59. The van der Waals surface area contributed by atoms with Crippen molar-refractivity contribution < 1.29 is 23.2 Å². The molecule has 0 radical (unpaired) electrons. The minimum Gasteiger partial charge on any atom is -0.481 e. The van der Waals surface area contributed by atoms with Crippen molar-refractivity contribution in [2.24, 2.45) is 5.92 Å². The molecule has 0 aliphatic heterocycles. The summed E-state index contributed by atoms with van der Waals surface area (Å²) in [7, 11) is -3.89. The molecule has 1 atom stereocenters. The highest BCUT2D eigenvalue weighted by Gasteiger charge is 2.18. The number of carboxylic acid groups (broad SMARTS) is 1. The van der Waals surface area contributed by atoms with E-state index in [9.17, 15) is 23.3 Å². The van der Waals surface area contributed by atoms with E-state index in [-0.39, 0.29) is 29.5 Å². The summed E-state index contributed by atoms with van der Waals surface area (Å²) in [6.45, 7) is 1.53. The molecule has 0 amide bonds. The molecule has 0 aliphatic rings. The second-order valence-electron chi connectivity index (χ2n) is 4.31. The number of carboxylic acids is 1. The Hall–Kier alpha value is -2.00. The molecule has 0 aliphatic carbocycles. The van der Waals surface area contributed by atoms with E-state index >= 15 is 0 Å². The molecular formula is C11H14N2O6S. The molecule has 9 heteroatoms. The van der Waals surface area contributed by atoms with Crippen LogP contribution in [-0.2, 0) is 14.8 Å². The zero-order valence-electron chi connectivity index (χ0n) is 10.6. The Morgan fingerprint density at radius 2 is 2.15 bits per heavy atom. The number of nitro groups is 1. The van der Waals surface area contributed by atoms with Crippen LogP contribution in [0.2, 0.25) is 0 Å². The van der Waals surface area contributed by atoms with Crippen LogP contribution in [0, 0.1) is 16.0 Å². The Balaban J connectivity index is 2.81. The predicted molar refractivity (Wildman–Crippen MR) is 69.7 cm³/mol. The van der Waals surface area contributed by atoms with Gasteiger partial charge >= 0.3 is 5.97 Å². The molecule has 20 heavy (non-hydrogen) atoms. The molecule has 0 spiro atoms. The summed E-state index contributed by atoms with van der Waals surface area (Å²) in [5, 5.41) is 19.2. The highest BCUT2D eigenvalue weighted by atomic mass is 32.2. The van der Waals surface area contributed by atoms with Gasteiger partial charge in [-0.25, -0.2) is 13.1 Å². The largest absolute Gasteiger partial charge is 0.481 e. The number of nitro benzene ring substituents is 1. The van der Waals surface area contributed by atoms with E-state index in [0.717, 1.165) is 6.07 Å². The molecule has 1 aromatic rings. The van der Waals surface area contributed by atoms with Crippen molar-refractivity contribution in [2.45, 2.75) is 18.2 Å². The van der Waals surface area contributed by atoms with Crippen LogP contribution in [0.4, 0.5) is 5.69 Å². The standard InChI is InChI=1S/C11H14N2O6S/c1-8(5-11(14)15)7-12-20(18,19)10-4-2-3-9(6-10)13(16)17/h2-4,6,8,12H,5,7H2,1H3,(H,14,15). The topological polar surface area (TPSA) is 127 Å². The highest BCUT2D eigenvalue weighted by molar-refractivity contribution is 7.89. The number of nitrogens with zero attached hydrogens (tertiary/aromatic N) is 1. The monoisotopic (exact) mass is 302 g/mol. The van der Waals surface area contributed by atoms with Crippen LogP contribution in [0.25, 0.3) is 0 Å². The summed E-state index contributed by atoms with van der Waals surface area (Å²) in [5.74, 6) is -1.41. The second-order valence-corrected chi connectivity index (χ2v) is 6.08. The van der Waals surface area contributed by atoms with Gasteiger partial charge in [0, 0.05) is 25.1 Å². The summed E-state index contributed by atoms with van der Waals surface area (Å²) in [5.41, 5.74) is -0.327. The number of hydrogen-bond donors (Lipinski definition) is 2. The van der Waals surface area contributed by atoms with Crippen LogP contribution >= 0.6 is 0 Å². The molecule has 1 rings (SSSR count). The summed E-state index contributed by atoms with van der Waals surface area (Å²) in [4.78, 5) is 20.1. The molecule has 110 valence electrons. The fraction of sp³-hybridized carbons (Fsp3) is 0.364. The van der Waals surface area contributed by atoms with Gasteiger partial charge in [0.2, 0.25) is 10.0 Å². The van der Waals surface area contributed by atoms with Gasteiger partial charge in [0.1, 0.15) is 0 Å². The number of rotatable bonds is 7.